The summed E-state index contributed by atoms with van der Waals surface area (Å²) in [6.45, 7) is 4.23. The van der Waals surface area contributed by atoms with E-state index in [1.807, 2.05) is 50.2 Å². The molecule has 104 valence electrons. The van der Waals surface area contributed by atoms with Crippen molar-refractivity contribution in [1.82, 2.24) is 4.98 Å². The van der Waals surface area contributed by atoms with Gasteiger partial charge in [-0.1, -0.05) is 36.4 Å². The number of amides is 1. The number of pyridine rings is 1. The zero-order valence-electron chi connectivity index (χ0n) is 11.8. The zero-order chi connectivity index (χ0) is 14.6. The fourth-order valence-corrected chi connectivity index (χ4v) is 1.88. The Bertz CT molecular complexity index is 576. The third kappa shape index (κ3) is 3.03. The van der Waals surface area contributed by atoms with Gasteiger partial charge in [0.1, 0.15) is 5.82 Å². The van der Waals surface area contributed by atoms with Crippen molar-refractivity contribution in [3.05, 3.63) is 59.8 Å². The summed E-state index contributed by atoms with van der Waals surface area (Å²) in [5, 5.41) is 2.84. The minimum Gasteiger partial charge on any atom is -0.326 e. The van der Waals surface area contributed by atoms with Gasteiger partial charge in [0.25, 0.3) is 0 Å². The molecule has 4 heteroatoms. The third-order valence-corrected chi connectivity index (χ3v) is 3.37. The molecule has 0 atom stereocenters. The predicted octanol–water partition coefficient (Wildman–Crippen LogP) is 2.46. The molecule has 3 N–H and O–H groups in total. The number of hydrogen-bond acceptors (Lipinski definition) is 3. The van der Waals surface area contributed by atoms with Crippen LogP contribution >= 0.6 is 0 Å². The van der Waals surface area contributed by atoms with E-state index in [9.17, 15) is 4.79 Å². The summed E-state index contributed by atoms with van der Waals surface area (Å²) in [7, 11) is 0. The van der Waals surface area contributed by atoms with Crippen molar-refractivity contribution < 1.29 is 4.79 Å². The normalized spacial score (nSPS) is 11.2. The molecule has 1 amide bonds. The fourth-order valence-electron chi connectivity index (χ4n) is 1.88. The molecule has 0 saturated heterocycles. The molecule has 0 bridgehead atoms. The van der Waals surface area contributed by atoms with E-state index in [1.54, 1.807) is 12.3 Å². The molecule has 0 radical (unpaired) electrons. The first-order chi connectivity index (χ1) is 9.54. The summed E-state index contributed by atoms with van der Waals surface area (Å²) in [5.41, 5.74) is 6.81. The van der Waals surface area contributed by atoms with Gasteiger partial charge in [0, 0.05) is 12.7 Å². The second-order valence-electron chi connectivity index (χ2n) is 5.20. The standard InChI is InChI=1S/C16H19N3O/c1-16(2,13-6-4-3-5-7-13)15(20)19-14-9-8-12(10-17)11-18-14/h3-9,11H,10,17H2,1-2H3,(H,18,19,20). The molecule has 0 fully saturated rings. The van der Waals surface area contributed by atoms with Gasteiger partial charge in [-0.2, -0.15) is 0 Å². The Morgan fingerprint density at radius 1 is 1.20 bits per heavy atom. The van der Waals surface area contributed by atoms with E-state index in [0.29, 0.717) is 12.4 Å². The number of aromatic nitrogens is 1. The van der Waals surface area contributed by atoms with Crippen LogP contribution in [0.1, 0.15) is 25.0 Å². The molecule has 0 aliphatic carbocycles. The second-order valence-corrected chi connectivity index (χ2v) is 5.20. The highest BCUT2D eigenvalue weighted by Crippen LogP contribution is 2.24. The van der Waals surface area contributed by atoms with Crippen molar-refractivity contribution in [2.75, 3.05) is 5.32 Å². The van der Waals surface area contributed by atoms with Crippen LogP contribution in [0.15, 0.2) is 48.7 Å². The fraction of sp³-hybridized carbons (Fsp3) is 0.250. The summed E-state index contributed by atoms with van der Waals surface area (Å²) >= 11 is 0. The number of carbonyl (C=O) groups is 1. The number of anilines is 1. The lowest BCUT2D eigenvalue weighted by Gasteiger charge is -2.23. The Labute approximate surface area is 119 Å². The zero-order valence-corrected chi connectivity index (χ0v) is 11.8. The molecular weight excluding hydrogens is 250 g/mol. The van der Waals surface area contributed by atoms with E-state index in [0.717, 1.165) is 11.1 Å². The van der Waals surface area contributed by atoms with Gasteiger partial charge in [-0.05, 0) is 31.0 Å². The first-order valence-electron chi connectivity index (χ1n) is 6.56. The molecule has 0 saturated carbocycles. The summed E-state index contributed by atoms with van der Waals surface area (Å²) in [6.07, 6.45) is 1.67. The van der Waals surface area contributed by atoms with E-state index in [4.69, 9.17) is 5.73 Å². The maximum atomic E-state index is 12.4. The van der Waals surface area contributed by atoms with Crippen molar-refractivity contribution in [3.8, 4) is 0 Å². The monoisotopic (exact) mass is 269 g/mol. The lowest BCUT2D eigenvalue weighted by molar-refractivity contribution is -0.120. The lowest BCUT2D eigenvalue weighted by Crippen LogP contribution is -2.34. The van der Waals surface area contributed by atoms with Gasteiger partial charge in [0.15, 0.2) is 0 Å². The average molecular weight is 269 g/mol. The van der Waals surface area contributed by atoms with Crippen molar-refractivity contribution in [1.29, 1.82) is 0 Å². The van der Waals surface area contributed by atoms with Gasteiger partial charge >= 0.3 is 0 Å². The molecular formula is C16H19N3O. The minimum atomic E-state index is -0.616. The molecule has 0 aliphatic rings. The number of nitrogens with two attached hydrogens (primary N) is 1. The van der Waals surface area contributed by atoms with Crippen LogP contribution in [0.25, 0.3) is 0 Å². The summed E-state index contributed by atoms with van der Waals surface area (Å²) in [6, 6.07) is 13.3. The van der Waals surface area contributed by atoms with Gasteiger partial charge in [-0.3, -0.25) is 4.79 Å². The highest BCUT2D eigenvalue weighted by atomic mass is 16.2. The van der Waals surface area contributed by atoms with E-state index in [2.05, 4.69) is 10.3 Å². The van der Waals surface area contributed by atoms with Crippen molar-refractivity contribution in [3.63, 3.8) is 0 Å². The number of carbonyl (C=O) groups excluding carboxylic acids is 1. The lowest BCUT2D eigenvalue weighted by atomic mass is 9.84. The van der Waals surface area contributed by atoms with Crippen molar-refractivity contribution >= 4 is 11.7 Å². The third-order valence-electron chi connectivity index (χ3n) is 3.37. The summed E-state index contributed by atoms with van der Waals surface area (Å²) in [4.78, 5) is 16.6. The Kier molecular flexibility index (Phi) is 4.15. The van der Waals surface area contributed by atoms with Crippen LogP contribution in [0.3, 0.4) is 0 Å². The Morgan fingerprint density at radius 2 is 1.90 bits per heavy atom. The summed E-state index contributed by atoms with van der Waals surface area (Å²) in [5.74, 6) is 0.452. The van der Waals surface area contributed by atoms with Crippen molar-refractivity contribution in [2.24, 2.45) is 5.73 Å². The molecule has 1 heterocycles. The van der Waals surface area contributed by atoms with E-state index in [1.165, 1.54) is 0 Å². The summed E-state index contributed by atoms with van der Waals surface area (Å²) < 4.78 is 0. The average Bonchev–Trinajstić information content (AvgIpc) is 2.49. The maximum Gasteiger partial charge on any atom is 0.235 e. The van der Waals surface area contributed by atoms with Crippen LogP contribution in [0.4, 0.5) is 5.82 Å². The van der Waals surface area contributed by atoms with Crippen LogP contribution in [0, 0.1) is 0 Å². The smallest absolute Gasteiger partial charge is 0.235 e. The van der Waals surface area contributed by atoms with Crippen LogP contribution < -0.4 is 11.1 Å². The number of benzene rings is 1. The number of nitrogens with zero attached hydrogens (tertiary/aromatic N) is 1. The molecule has 20 heavy (non-hydrogen) atoms. The van der Waals surface area contributed by atoms with Gasteiger partial charge < -0.3 is 11.1 Å². The number of rotatable bonds is 4. The SMILES string of the molecule is CC(C)(C(=O)Nc1ccc(CN)cn1)c1ccccc1. The Morgan fingerprint density at radius 3 is 2.45 bits per heavy atom. The van der Waals surface area contributed by atoms with Gasteiger partial charge in [0.2, 0.25) is 5.91 Å². The Balaban J connectivity index is 2.14. The van der Waals surface area contributed by atoms with E-state index >= 15 is 0 Å². The topological polar surface area (TPSA) is 68.0 Å². The van der Waals surface area contributed by atoms with E-state index < -0.39 is 5.41 Å². The molecule has 2 rings (SSSR count). The first-order valence-corrected chi connectivity index (χ1v) is 6.56. The molecule has 0 spiro atoms. The Hall–Kier alpha value is -2.20. The van der Waals surface area contributed by atoms with Gasteiger partial charge in [-0.15, -0.1) is 0 Å². The molecule has 4 nitrogen and oxygen atoms in total. The van der Waals surface area contributed by atoms with E-state index in [-0.39, 0.29) is 5.91 Å². The molecule has 2 aromatic rings. The molecule has 1 aromatic carbocycles. The quantitative estimate of drug-likeness (QED) is 0.896. The largest absolute Gasteiger partial charge is 0.326 e. The van der Waals surface area contributed by atoms with Crippen LogP contribution in [0.5, 0.6) is 0 Å². The highest BCUT2D eigenvalue weighted by molar-refractivity contribution is 5.97. The molecule has 1 aromatic heterocycles. The molecule has 0 aliphatic heterocycles. The van der Waals surface area contributed by atoms with Crippen LogP contribution in [-0.2, 0) is 16.8 Å². The van der Waals surface area contributed by atoms with Crippen molar-refractivity contribution in [2.45, 2.75) is 25.8 Å². The first kappa shape index (κ1) is 14.2. The second kappa shape index (κ2) is 5.84. The van der Waals surface area contributed by atoms with Crippen LogP contribution in [0.2, 0.25) is 0 Å². The number of hydrogen-bond donors (Lipinski definition) is 2. The van der Waals surface area contributed by atoms with Gasteiger partial charge in [0.05, 0.1) is 5.41 Å². The predicted molar refractivity (Wildman–Crippen MR) is 80.2 cm³/mol. The minimum absolute atomic E-state index is 0.0864. The number of nitrogens with one attached hydrogen (secondary N) is 1. The van der Waals surface area contributed by atoms with Crippen LogP contribution in [-0.4, -0.2) is 10.9 Å². The highest BCUT2D eigenvalue weighted by Gasteiger charge is 2.29. The molecule has 0 unspecified atom stereocenters. The van der Waals surface area contributed by atoms with Gasteiger partial charge in [-0.25, -0.2) is 4.98 Å². The maximum absolute atomic E-state index is 12.4.